The molecule has 2 nitrogen and oxygen atoms in total. The smallest absolute Gasteiger partial charge is 0.338 e. The zero-order valence-electron chi connectivity index (χ0n) is 10.8. The predicted molar refractivity (Wildman–Crippen MR) is 71.3 cm³/mol. The monoisotopic (exact) mass is 326 g/mol. The molecule has 116 valence electrons. The Morgan fingerprint density at radius 1 is 1.00 bits per heavy atom. The van der Waals surface area contributed by atoms with Crippen molar-refractivity contribution in [3.63, 3.8) is 0 Å². The molecule has 2 aromatic carbocycles. The molecule has 0 fully saturated rings. The number of rotatable bonds is 3. The molecule has 2 aromatic rings. The third-order valence-corrected chi connectivity index (χ3v) is 3.91. The van der Waals surface area contributed by atoms with Crippen LogP contribution in [0.4, 0.5) is 19.4 Å². The SMILES string of the molecule is CCOC(=O)c1ccc2cc(S(F)(F)(F)(F)F)ccc2c1. The number of fused-ring (bicyclic) bond motifs is 1. The van der Waals surface area contributed by atoms with Crippen LogP contribution in [-0.4, -0.2) is 12.6 Å². The van der Waals surface area contributed by atoms with E-state index in [1.807, 2.05) is 0 Å². The van der Waals surface area contributed by atoms with Gasteiger partial charge in [0.1, 0.15) is 4.90 Å². The normalized spacial score (nSPS) is 15.3. The fraction of sp³-hybridized carbons (Fsp3) is 0.154. The maximum Gasteiger partial charge on any atom is 0.338 e. The lowest BCUT2D eigenvalue weighted by Gasteiger charge is -2.40. The summed E-state index contributed by atoms with van der Waals surface area (Å²) < 4.78 is 68.3. The fourth-order valence-electron chi connectivity index (χ4n) is 1.81. The van der Waals surface area contributed by atoms with E-state index in [1.54, 1.807) is 6.92 Å². The van der Waals surface area contributed by atoms with Crippen molar-refractivity contribution < 1.29 is 29.0 Å². The molecule has 0 saturated carbocycles. The Balaban J connectivity index is 2.54. The maximum absolute atomic E-state index is 12.7. The van der Waals surface area contributed by atoms with Gasteiger partial charge in [0.15, 0.2) is 0 Å². The number of carbonyl (C=O) groups excluding carboxylic acids is 1. The average molecular weight is 326 g/mol. The first-order chi connectivity index (χ1) is 9.40. The molecule has 0 aromatic heterocycles. The highest BCUT2D eigenvalue weighted by Crippen LogP contribution is 3.02. The summed E-state index contributed by atoms with van der Waals surface area (Å²) in [6.45, 7) is 1.76. The average Bonchev–Trinajstić information content (AvgIpc) is 2.35. The van der Waals surface area contributed by atoms with E-state index in [9.17, 15) is 24.2 Å². The third kappa shape index (κ3) is 3.44. The molecule has 0 atom stereocenters. The molecular weight excluding hydrogens is 315 g/mol. The molecule has 0 aliphatic heterocycles. The molecular formula is C13H11F5O2S. The van der Waals surface area contributed by atoms with Crippen LogP contribution in [0.15, 0.2) is 41.3 Å². The van der Waals surface area contributed by atoms with E-state index in [0.717, 1.165) is 6.07 Å². The van der Waals surface area contributed by atoms with Crippen molar-refractivity contribution in [1.82, 2.24) is 0 Å². The second-order valence-electron chi connectivity index (χ2n) is 4.41. The number of ether oxygens (including phenoxy) is 1. The van der Waals surface area contributed by atoms with Gasteiger partial charge in [-0.05, 0) is 42.0 Å². The topological polar surface area (TPSA) is 26.3 Å². The van der Waals surface area contributed by atoms with Crippen LogP contribution in [0.25, 0.3) is 10.8 Å². The highest BCUT2D eigenvalue weighted by molar-refractivity contribution is 8.45. The van der Waals surface area contributed by atoms with Crippen LogP contribution in [-0.2, 0) is 4.74 Å². The van der Waals surface area contributed by atoms with Gasteiger partial charge in [-0.2, -0.15) is 0 Å². The van der Waals surface area contributed by atoms with Crippen LogP contribution in [0.5, 0.6) is 0 Å². The summed E-state index contributed by atoms with van der Waals surface area (Å²) in [5, 5.41) is 0.208. The van der Waals surface area contributed by atoms with Crippen LogP contribution >= 0.6 is 10.2 Å². The van der Waals surface area contributed by atoms with Gasteiger partial charge in [-0.25, -0.2) is 4.79 Å². The first kappa shape index (κ1) is 15.6. The van der Waals surface area contributed by atoms with E-state index in [2.05, 4.69) is 0 Å². The van der Waals surface area contributed by atoms with Crippen LogP contribution in [0.3, 0.4) is 0 Å². The van der Waals surface area contributed by atoms with E-state index in [-0.39, 0.29) is 22.9 Å². The zero-order chi connectivity index (χ0) is 16.0. The number of esters is 1. The van der Waals surface area contributed by atoms with Gasteiger partial charge in [0, 0.05) is 0 Å². The molecule has 2 rings (SSSR count). The summed E-state index contributed by atoms with van der Waals surface area (Å²) in [7, 11) is -9.70. The van der Waals surface area contributed by atoms with E-state index in [1.165, 1.54) is 18.2 Å². The lowest BCUT2D eigenvalue weighted by molar-refractivity contribution is 0.0526. The summed E-state index contributed by atoms with van der Waals surface area (Å²) in [5.74, 6) is -0.629. The highest BCUT2D eigenvalue weighted by atomic mass is 32.5. The van der Waals surface area contributed by atoms with Crippen molar-refractivity contribution >= 4 is 27.0 Å². The van der Waals surface area contributed by atoms with Crippen LogP contribution in [0.2, 0.25) is 0 Å². The van der Waals surface area contributed by atoms with Crippen molar-refractivity contribution in [2.75, 3.05) is 6.61 Å². The van der Waals surface area contributed by atoms with Crippen molar-refractivity contribution in [3.8, 4) is 0 Å². The number of benzene rings is 2. The van der Waals surface area contributed by atoms with Crippen molar-refractivity contribution in [2.45, 2.75) is 11.8 Å². The minimum absolute atomic E-state index is 0.0335. The maximum atomic E-state index is 12.7. The first-order valence-corrected chi connectivity index (χ1v) is 7.81. The van der Waals surface area contributed by atoms with Crippen LogP contribution < -0.4 is 0 Å². The largest absolute Gasteiger partial charge is 0.462 e. The highest BCUT2D eigenvalue weighted by Gasteiger charge is 2.65. The summed E-state index contributed by atoms with van der Waals surface area (Å²) in [5.41, 5.74) is 0.143. The number of hydrogen-bond acceptors (Lipinski definition) is 2. The second kappa shape index (κ2) is 4.09. The van der Waals surface area contributed by atoms with Crippen molar-refractivity contribution in [1.29, 1.82) is 0 Å². The second-order valence-corrected chi connectivity index (χ2v) is 6.82. The van der Waals surface area contributed by atoms with Gasteiger partial charge in [0.25, 0.3) is 0 Å². The number of carbonyl (C=O) groups is 1. The predicted octanol–water partition coefficient (Wildman–Crippen LogP) is 5.67. The minimum atomic E-state index is -9.70. The summed E-state index contributed by atoms with van der Waals surface area (Å²) >= 11 is 0. The molecule has 0 N–H and O–H groups in total. The van der Waals surface area contributed by atoms with Gasteiger partial charge in [-0.1, -0.05) is 31.6 Å². The quantitative estimate of drug-likeness (QED) is 0.536. The zero-order valence-corrected chi connectivity index (χ0v) is 11.6. The lowest BCUT2D eigenvalue weighted by atomic mass is 10.1. The molecule has 0 unspecified atom stereocenters. The number of halogens is 5. The lowest BCUT2D eigenvalue weighted by Crippen LogP contribution is -2.06. The first-order valence-electron chi connectivity index (χ1n) is 5.86. The molecule has 0 aliphatic rings. The summed E-state index contributed by atoms with van der Waals surface area (Å²) in [6.07, 6.45) is 0. The Morgan fingerprint density at radius 2 is 1.57 bits per heavy atom. The van der Waals surface area contributed by atoms with E-state index in [0.29, 0.717) is 12.1 Å². The van der Waals surface area contributed by atoms with E-state index < -0.39 is 21.1 Å². The number of hydrogen-bond donors (Lipinski definition) is 0. The van der Waals surface area contributed by atoms with Crippen LogP contribution in [0, 0.1) is 0 Å². The molecule has 0 spiro atoms. The molecule has 0 radical (unpaired) electrons. The van der Waals surface area contributed by atoms with Crippen molar-refractivity contribution in [3.05, 3.63) is 42.0 Å². The minimum Gasteiger partial charge on any atom is -0.462 e. The van der Waals surface area contributed by atoms with E-state index >= 15 is 0 Å². The summed E-state index contributed by atoms with van der Waals surface area (Å²) in [4.78, 5) is 9.55. The molecule has 0 heterocycles. The molecule has 0 amide bonds. The van der Waals surface area contributed by atoms with Gasteiger partial charge in [-0.15, -0.1) is 0 Å². The Kier molecular flexibility index (Phi) is 3.03. The van der Waals surface area contributed by atoms with Gasteiger partial charge in [0.05, 0.1) is 12.2 Å². The fourth-order valence-corrected chi connectivity index (χ4v) is 2.48. The van der Waals surface area contributed by atoms with Crippen molar-refractivity contribution in [2.24, 2.45) is 0 Å². The Bertz CT molecular complexity index is 724. The molecule has 0 saturated heterocycles. The Labute approximate surface area is 117 Å². The molecule has 0 aliphatic carbocycles. The van der Waals surface area contributed by atoms with E-state index in [4.69, 9.17) is 4.74 Å². The molecule has 8 heteroatoms. The van der Waals surface area contributed by atoms with Gasteiger partial charge in [-0.3, -0.25) is 0 Å². The van der Waals surface area contributed by atoms with Gasteiger partial charge < -0.3 is 4.74 Å². The standard InChI is InChI=1S/C13H11F5O2S/c1-2-20-13(19)11-4-3-10-8-12(6-5-9(10)7-11)21(14,15,16,17)18/h3-8H,2H2,1H3. The summed E-state index contributed by atoms with van der Waals surface area (Å²) in [6, 6.07) is 5.31. The van der Waals surface area contributed by atoms with Crippen LogP contribution in [0.1, 0.15) is 17.3 Å². The molecule has 0 bridgehead atoms. The third-order valence-electron chi connectivity index (χ3n) is 2.77. The van der Waals surface area contributed by atoms with Gasteiger partial charge in [0.2, 0.25) is 0 Å². The Morgan fingerprint density at radius 3 is 2.14 bits per heavy atom. The molecule has 21 heavy (non-hydrogen) atoms. The van der Waals surface area contributed by atoms with Gasteiger partial charge >= 0.3 is 16.2 Å². The Hall–Kier alpha value is -1.83.